The van der Waals surface area contributed by atoms with Crippen LogP contribution in [0.15, 0.2) is 18.5 Å². The Balaban J connectivity index is 1.77. The number of nitrogens with zero attached hydrogens (tertiary/aromatic N) is 3. The van der Waals surface area contributed by atoms with Crippen molar-refractivity contribution in [1.29, 1.82) is 0 Å². The van der Waals surface area contributed by atoms with Crippen LogP contribution in [0.2, 0.25) is 0 Å². The first-order chi connectivity index (χ1) is 11.6. The summed E-state index contributed by atoms with van der Waals surface area (Å²) in [6, 6.07) is 2.11. The van der Waals surface area contributed by atoms with Gasteiger partial charge in [0.25, 0.3) is 5.91 Å². The number of thiophene rings is 1. The maximum Gasteiger partial charge on any atom is 0.264 e. The van der Waals surface area contributed by atoms with Crippen LogP contribution in [0, 0.1) is 5.92 Å². The summed E-state index contributed by atoms with van der Waals surface area (Å²) in [5, 5.41) is 4.19. The normalized spacial score (nSPS) is 16.9. The number of fused-ring (bicyclic) bond motifs is 1. The summed E-state index contributed by atoms with van der Waals surface area (Å²) in [7, 11) is 3.55. The van der Waals surface area contributed by atoms with E-state index in [0.717, 1.165) is 29.2 Å². The van der Waals surface area contributed by atoms with E-state index in [4.69, 9.17) is 4.74 Å². The van der Waals surface area contributed by atoms with E-state index in [9.17, 15) is 4.79 Å². The summed E-state index contributed by atoms with van der Waals surface area (Å²) in [6.45, 7) is 3.97. The number of methoxy groups -OCH3 is 1. The van der Waals surface area contributed by atoms with Crippen LogP contribution in [0.5, 0.6) is 0 Å². The second-order valence-corrected chi connectivity index (χ2v) is 7.79. The topological polar surface area (TPSA) is 47.4 Å². The van der Waals surface area contributed by atoms with Crippen LogP contribution in [-0.4, -0.2) is 40.8 Å². The Morgan fingerprint density at radius 3 is 3.08 bits per heavy atom. The van der Waals surface area contributed by atoms with Crippen LogP contribution in [0.3, 0.4) is 0 Å². The zero-order valence-electron chi connectivity index (χ0n) is 14.6. The Kier molecular flexibility index (Phi) is 5.36. The SMILES string of the molecule is COCCN(Cc1cnn(C)c1)C(=O)c1cc2c(s1)CCC(C)C2. The van der Waals surface area contributed by atoms with Gasteiger partial charge in [-0.2, -0.15) is 5.10 Å². The Hall–Kier alpha value is -1.66. The van der Waals surface area contributed by atoms with Crippen LogP contribution in [-0.2, 0) is 31.2 Å². The summed E-state index contributed by atoms with van der Waals surface area (Å²) in [5.41, 5.74) is 2.41. The average molecular weight is 347 g/mol. The number of hydrogen-bond acceptors (Lipinski definition) is 4. The lowest BCUT2D eigenvalue weighted by Gasteiger charge is -2.21. The van der Waals surface area contributed by atoms with E-state index in [1.54, 1.807) is 23.1 Å². The Morgan fingerprint density at radius 2 is 2.38 bits per heavy atom. The Bertz CT molecular complexity index is 707. The molecule has 24 heavy (non-hydrogen) atoms. The van der Waals surface area contributed by atoms with Crippen LogP contribution < -0.4 is 0 Å². The number of ether oxygens (including phenoxy) is 1. The molecule has 0 saturated carbocycles. The fourth-order valence-electron chi connectivity index (χ4n) is 3.19. The van der Waals surface area contributed by atoms with Crippen LogP contribution in [0.1, 0.15) is 39.0 Å². The molecule has 2 heterocycles. The van der Waals surface area contributed by atoms with E-state index >= 15 is 0 Å². The molecule has 0 aromatic carbocycles. The predicted octanol–water partition coefficient (Wildman–Crippen LogP) is 2.90. The van der Waals surface area contributed by atoms with E-state index in [1.807, 2.05) is 24.3 Å². The highest BCUT2D eigenvalue weighted by Gasteiger charge is 2.23. The molecule has 0 N–H and O–H groups in total. The molecule has 1 aliphatic carbocycles. The minimum absolute atomic E-state index is 0.1000. The van der Waals surface area contributed by atoms with Crippen molar-refractivity contribution in [2.24, 2.45) is 13.0 Å². The average Bonchev–Trinajstić information content (AvgIpc) is 3.16. The maximum atomic E-state index is 13.0. The molecule has 1 unspecified atom stereocenters. The van der Waals surface area contributed by atoms with Gasteiger partial charge in [0.05, 0.1) is 17.7 Å². The molecule has 6 heteroatoms. The van der Waals surface area contributed by atoms with E-state index in [0.29, 0.717) is 19.7 Å². The quantitative estimate of drug-likeness (QED) is 0.807. The molecule has 1 amide bonds. The van der Waals surface area contributed by atoms with Gasteiger partial charge < -0.3 is 9.64 Å². The van der Waals surface area contributed by atoms with Gasteiger partial charge in [0, 0.05) is 43.9 Å². The zero-order valence-corrected chi connectivity index (χ0v) is 15.4. The number of amides is 1. The summed E-state index contributed by atoms with van der Waals surface area (Å²) in [4.78, 5) is 17.1. The third-order valence-electron chi connectivity index (χ3n) is 4.52. The molecule has 1 aliphatic rings. The largest absolute Gasteiger partial charge is 0.383 e. The highest BCUT2D eigenvalue weighted by molar-refractivity contribution is 7.14. The second-order valence-electron chi connectivity index (χ2n) is 6.65. The number of aryl methyl sites for hydroxylation is 2. The molecule has 0 spiro atoms. The van der Waals surface area contributed by atoms with Crippen molar-refractivity contribution >= 4 is 17.2 Å². The Morgan fingerprint density at radius 1 is 1.54 bits per heavy atom. The molecule has 1 atom stereocenters. The van der Waals surface area contributed by atoms with Crippen LogP contribution >= 0.6 is 11.3 Å². The zero-order chi connectivity index (χ0) is 17.1. The summed E-state index contributed by atoms with van der Waals surface area (Å²) < 4.78 is 6.95. The molecule has 3 rings (SSSR count). The first-order valence-corrected chi connectivity index (χ1v) is 9.25. The van der Waals surface area contributed by atoms with Crippen molar-refractivity contribution in [1.82, 2.24) is 14.7 Å². The van der Waals surface area contributed by atoms with Gasteiger partial charge in [0.15, 0.2) is 0 Å². The fraction of sp³-hybridized carbons (Fsp3) is 0.556. The molecule has 5 nitrogen and oxygen atoms in total. The van der Waals surface area contributed by atoms with Crippen LogP contribution in [0.4, 0.5) is 0 Å². The lowest BCUT2D eigenvalue weighted by molar-refractivity contribution is 0.0685. The number of hydrogen-bond donors (Lipinski definition) is 0. The number of rotatable bonds is 6. The van der Waals surface area contributed by atoms with E-state index in [-0.39, 0.29) is 5.91 Å². The lowest BCUT2D eigenvalue weighted by atomic mass is 9.90. The first kappa shape index (κ1) is 17.2. The highest BCUT2D eigenvalue weighted by atomic mass is 32.1. The summed E-state index contributed by atoms with van der Waals surface area (Å²) >= 11 is 1.67. The van der Waals surface area contributed by atoms with Gasteiger partial charge in [-0.1, -0.05) is 6.92 Å². The van der Waals surface area contributed by atoms with Crippen molar-refractivity contribution in [2.45, 2.75) is 32.7 Å². The van der Waals surface area contributed by atoms with Gasteiger partial charge >= 0.3 is 0 Å². The molecule has 0 aliphatic heterocycles. The molecule has 0 bridgehead atoms. The number of carbonyl (C=O) groups is 1. The molecular formula is C18H25N3O2S. The molecule has 2 aromatic rings. The Labute approximate surface area is 147 Å². The third-order valence-corrected chi connectivity index (χ3v) is 5.75. The molecule has 0 radical (unpaired) electrons. The number of aromatic nitrogens is 2. The predicted molar refractivity (Wildman–Crippen MR) is 95.3 cm³/mol. The van der Waals surface area contributed by atoms with Crippen molar-refractivity contribution in [3.8, 4) is 0 Å². The molecule has 0 saturated heterocycles. The van der Waals surface area contributed by atoms with Gasteiger partial charge in [0.1, 0.15) is 0 Å². The van der Waals surface area contributed by atoms with Gasteiger partial charge in [-0.25, -0.2) is 0 Å². The van der Waals surface area contributed by atoms with Gasteiger partial charge in [-0.05, 0) is 36.8 Å². The van der Waals surface area contributed by atoms with Crippen molar-refractivity contribution < 1.29 is 9.53 Å². The fourth-order valence-corrected chi connectivity index (χ4v) is 4.37. The summed E-state index contributed by atoms with van der Waals surface area (Å²) in [6.07, 6.45) is 7.20. The van der Waals surface area contributed by atoms with E-state index < -0.39 is 0 Å². The third kappa shape index (κ3) is 3.87. The minimum atomic E-state index is 0.1000. The highest BCUT2D eigenvalue weighted by Crippen LogP contribution is 2.32. The smallest absolute Gasteiger partial charge is 0.264 e. The first-order valence-electron chi connectivity index (χ1n) is 8.44. The minimum Gasteiger partial charge on any atom is -0.383 e. The van der Waals surface area contributed by atoms with Gasteiger partial charge in [-0.3, -0.25) is 9.48 Å². The van der Waals surface area contributed by atoms with Gasteiger partial charge in [0.2, 0.25) is 0 Å². The molecule has 0 fully saturated rings. The second kappa shape index (κ2) is 7.49. The number of carbonyl (C=O) groups excluding carboxylic acids is 1. The van der Waals surface area contributed by atoms with Gasteiger partial charge in [-0.15, -0.1) is 11.3 Å². The standard InChI is InChI=1S/C18H25N3O2S/c1-13-4-5-16-15(8-13)9-17(24-16)18(22)21(6-7-23-3)12-14-10-19-20(2)11-14/h9-11,13H,4-8,12H2,1-3H3. The van der Waals surface area contributed by atoms with Crippen molar-refractivity contribution in [3.05, 3.63) is 39.3 Å². The lowest BCUT2D eigenvalue weighted by Crippen LogP contribution is -2.32. The molecular weight excluding hydrogens is 322 g/mol. The monoisotopic (exact) mass is 347 g/mol. The summed E-state index contributed by atoms with van der Waals surface area (Å²) in [5.74, 6) is 0.818. The van der Waals surface area contributed by atoms with Crippen molar-refractivity contribution in [2.75, 3.05) is 20.3 Å². The molecule has 130 valence electrons. The van der Waals surface area contributed by atoms with E-state index in [2.05, 4.69) is 18.1 Å². The van der Waals surface area contributed by atoms with Crippen molar-refractivity contribution in [3.63, 3.8) is 0 Å². The van der Waals surface area contributed by atoms with E-state index in [1.165, 1.54) is 16.9 Å². The molecule has 2 aromatic heterocycles. The maximum absolute atomic E-state index is 13.0. The van der Waals surface area contributed by atoms with Crippen LogP contribution in [0.25, 0.3) is 0 Å².